The highest BCUT2D eigenvalue weighted by Gasteiger charge is 2.28. The molecular weight excluding hydrogens is 446 g/mol. The van der Waals surface area contributed by atoms with Crippen molar-refractivity contribution in [2.75, 3.05) is 10.6 Å². The van der Waals surface area contributed by atoms with E-state index in [0.29, 0.717) is 18.0 Å². The molecule has 0 radical (unpaired) electrons. The number of nitrogens with zero attached hydrogens (tertiary/aromatic N) is 6. The molecule has 0 fully saturated rings. The minimum Gasteiger partial charge on any atom is -0.383 e. The zero-order valence-corrected chi connectivity index (χ0v) is 20.2. The van der Waals surface area contributed by atoms with Gasteiger partial charge < -0.3 is 5.73 Å². The average molecular weight is 472 g/mol. The van der Waals surface area contributed by atoms with E-state index in [1.54, 1.807) is 0 Å². The van der Waals surface area contributed by atoms with Crippen LogP contribution in [0, 0.1) is 13.8 Å². The van der Waals surface area contributed by atoms with Crippen LogP contribution in [0.4, 0.5) is 11.6 Å². The van der Waals surface area contributed by atoms with Crippen LogP contribution < -0.4 is 10.6 Å². The Morgan fingerprint density at radius 1 is 0.889 bits per heavy atom. The molecule has 5 aromatic rings. The first-order valence-electron chi connectivity index (χ1n) is 11.8. The molecule has 6 rings (SSSR count). The fourth-order valence-corrected chi connectivity index (χ4v) is 4.92. The second-order valence-corrected chi connectivity index (χ2v) is 8.93. The van der Waals surface area contributed by atoms with Gasteiger partial charge >= 0.3 is 0 Å². The molecule has 0 saturated heterocycles. The molecule has 176 valence electrons. The Kier molecular flexibility index (Phi) is 5.11. The molecule has 2 aromatic carbocycles. The third kappa shape index (κ3) is 3.44. The van der Waals surface area contributed by atoms with Gasteiger partial charge in [0.25, 0.3) is 0 Å². The quantitative estimate of drug-likeness (QED) is 0.366. The largest absolute Gasteiger partial charge is 0.383 e. The molecule has 0 atom stereocenters. The molecule has 4 heterocycles. The third-order valence-electron chi connectivity index (χ3n) is 6.58. The van der Waals surface area contributed by atoms with Crippen molar-refractivity contribution in [3.63, 3.8) is 0 Å². The molecule has 0 bridgehead atoms. The van der Waals surface area contributed by atoms with Gasteiger partial charge in [-0.15, -0.1) is 0 Å². The number of benzene rings is 2. The van der Waals surface area contributed by atoms with Crippen LogP contribution >= 0.6 is 0 Å². The molecular formula is C29H25N7. The van der Waals surface area contributed by atoms with E-state index in [9.17, 15) is 0 Å². The molecule has 3 aromatic heterocycles. The fourth-order valence-electron chi connectivity index (χ4n) is 4.92. The first kappa shape index (κ1) is 21.7. The molecule has 1 aliphatic rings. The van der Waals surface area contributed by atoms with E-state index in [1.807, 2.05) is 47.3 Å². The zero-order valence-electron chi connectivity index (χ0n) is 20.2. The molecule has 0 aliphatic carbocycles. The predicted molar refractivity (Wildman–Crippen MR) is 145 cm³/mol. The first-order valence-corrected chi connectivity index (χ1v) is 11.8. The standard InChI is InChI=1S/C29H25N7/c1-18-9-7-13-22-15-23(36(20(3)24(18)22)28-19(2)10-8-14-31-28)16-35-29-25(27(30)32-17-33-29)26(34-35)21-11-5-4-6-12-21/h4-15,17H,3,16H2,1-2H3,(H2,30,32,33). The smallest absolute Gasteiger partial charge is 0.164 e. The molecule has 0 unspecified atom stereocenters. The van der Waals surface area contributed by atoms with Crippen molar-refractivity contribution in [1.82, 2.24) is 24.7 Å². The molecule has 7 nitrogen and oxygen atoms in total. The van der Waals surface area contributed by atoms with E-state index in [0.717, 1.165) is 50.5 Å². The molecule has 0 saturated carbocycles. The highest BCUT2D eigenvalue weighted by atomic mass is 15.3. The third-order valence-corrected chi connectivity index (χ3v) is 6.58. The van der Waals surface area contributed by atoms with Gasteiger partial charge in [-0.25, -0.2) is 19.6 Å². The van der Waals surface area contributed by atoms with Crippen LogP contribution in [-0.2, 0) is 6.54 Å². The Morgan fingerprint density at radius 2 is 1.69 bits per heavy atom. The second kappa shape index (κ2) is 8.46. The van der Waals surface area contributed by atoms with E-state index < -0.39 is 0 Å². The second-order valence-electron chi connectivity index (χ2n) is 8.93. The van der Waals surface area contributed by atoms with Crippen LogP contribution in [0.3, 0.4) is 0 Å². The summed E-state index contributed by atoms with van der Waals surface area (Å²) in [6.07, 6.45) is 5.48. The van der Waals surface area contributed by atoms with Crippen molar-refractivity contribution in [2.45, 2.75) is 20.4 Å². The van der Waals surface area contributed by atoms with Gasteiger partial charge in [-0.05, 0) is 42.7 Å². The molecule has 2 N–H and O–H groups in total. The number of nitrogens with two attached hydrogens (primary N) is 1. The number of anilines is 2. The van der Waals surface area contributed by atoms with Crippen molar-refractivity contribution in [1.29, 1.82) is 0 Å². The van der Waals surface area contributed by atoms with Gasteiger partial charge in [0, 0.05) is 28.7 Å². The van der Waals surface area contributed by atoms with Crippen molar-refractivity contribution in [3.05, 3.63) is 108 Å². The Bertz CT molecular complexity index is 1660. The summed E-state index contributed by atoms with van der Waals surface area (Å²) in [7, 11) is 0. The normalized spacial score (nSPS) is 13.1. The van der Waals surface area contributed by atoms with E-state index in [4.69, 9.17) is 15.8 Å². The van der Waals surface area contributed by atoms with Crippen molar-refractivity contribution < 1.29 is 0 Å². The van der Waals surface area contributed by atoms with E-state index in [-0.39, 0.29) is 0 Å². The number of allylic oxidation sites excluding steroid dienone is 1. The molecule has 7 heteroatoms. The maximum Gasteiger partial charge on any atom is 0.164 e. The summed E-state index contributed by atoms with van der Waals surface area (Å²) in [5.74, 6) is 1.25. The Labute approximate surface area is 209 Å². The van der Waals surface area contributed by atoms with Crippen LogP contribution in [0.5, 0.6) is 0 Å². The maximum atomic E-state index is 6.33. The number of aromatic nitrogens is 5. The maximum absolute atomic E-state index is 6.33. The Morgan fingerprint density at radius 3 is 2.50 bits per heavy atom. The number of rotatable bonds is 4. The van der Waals surface area contributed by atoms with Crippen molar-refractivity contribution in [2.24, 2.45) is 0 Å². The minimum absolute atomic E-state index is 0.408. The van der Waals surface area contributed by atoms with Crippen LogP contribution in [0.1, 0.15) is 22.3 Å². The van der Waals surface area contributed by atoms with E-state index in [2.05, 4.69) is 65.6 Å². The number of hydrogen-bond donors (Lipinski definition) is 1. The monoisotopic (exact) mass is 471 g/mol. The van der Waals surface area contributed by atoms with Gasteiger partial charge in [0.05, 0.1) is 11.9 Å². The molecule has 0 spiro atoms. The Hall–Kier alpha value is -4.78. The van der Waals surface area contributed by atoms with Crippen LogP contribution in [-0.4, -0.2) is 24.7 Å². The van der Waals surface area contributed by atoms with Gasteiger partial charge in [-0.3, -0.25) is 4.90 Å². The summed E-state index contributed by atoms with van der Waals surface area (Å²) >= 11 is 0. The van der Waals surface area contributed by atoms with Gasteiger partial charge in [0.2, 0.25) is 0 Å². The predicted octanol–water partition coefficient (Wildman–Crippen LogP) is 5.62. The highest BCUT2D eigenvalue weighted by molar-refractivity contribution is 5.98. The number of hydrogen-bond acceptors (Lipinski definition) is 6. The van der Waals surface area contributed by atoms with Crippen molar-refractivity contribution >= 4 is 34.4 Å². The molecule has 1 aliphatic heterocycles. The van der Waals surface area contributed by atoms with Crippen LogP contribution in [0.15, 0.2) is 85.5 Å². The van der Waals surface area contributed by atoms with E-state index >= 15 is 0 Å². The molecule has 36 heavy (non-hydrogen) atoms. The van der Waals surface area contributed by atoms with Gasteiger partial charge in [-0.2, -0.15) is 5.10 Å². The first-order chi connectivity index (χ1) is 17.5. The summed E-state index contributed by atoms with van der Waals surface area (Å²) in [6, 6.07) is 20.3. The van der Waals surface area contributed by atoms with Crippen molar-refractivity contribution in [3.8, 4) is 11.3 Å². The number of pyridine rings is 1. The lowest BCUT2D eigenvalue weighted by molar-refractivity contribution is 0.688. The zero-order chi connectivity index (χ0) is 24.8. The highest BCUT2D eigenvalue weighted by Crippen LogP contribution is 2.39. The van der Waals surface area contributed by atoms with Gasteiger partial charge in [-0.1, -0.05) is 61.2 Å². The van der Waals surface area contributed by atoms with Gasteiger partial charge in [0.15, 0.2) is 5.65 Å². The number of fused-ring (bicyclic) bond motifs is 2. The van der Waals surface area contributed by atoms with Crippen LogP contribution in [0.2, 0.25) is 0 Å². The van der Waals surface area contributed by atoms with E-state index in [1.165, 1.54) is 11.9 Å². The fraction of sp³-hybridized carbons (Fsp3) is 0.103. The molecule has 0 amide bonds. The summed E-state index contributed by atoms with van der Waals surface area (Å²) in [5, 5.41) is 5.73. The van der Waals surface area contributed by atoms with Gasteiger partial charge in [0.1, 0.15) is 23.7 Å². The van der Waals surface area contributed by atoms with Crippen LogP contribution in [0.25, 0.3) is 34.1 Å². The lowest BCUT2D eigenvalue weighted by Crippen LogP contribution is -2.28. The minimum atomic E-state index is 0.408. The SMILES string of the molecule is C=C1c2c(C)cccc2C=C(Cn2nc(-c3ccccc3)c3c(N)ncnc32)N1c1ncccc1C. The summed E-state index contributed by atoms with van der Waals surface area (Å²) in [5.41, 5.74) is 15.1. The Balaban J connectivity index is 1.55. The lowest BCUT2D eigenvalue weighted by atomic mass is 9.94. The summed E-state index contributed by atoms with van der Waals surface area (Å²) in [6.45, 7) is 9.12. The summed E-state index contributed by atoms with van der Waals surface area (Å²) in [4.78, 5) is 15.7. The average Bonchev–Trinajstić information content (AvgIpc) is 3.25. The topological polar surface area (TPSA) is 85.8 Å². The number of aryl methyl sites for hydroxylation is 2. The summed E-state index contributed by atoms with van der Waals surface area (Å²) < 4.78 is 1.89. The lowest BCUT2D eigenvalue weighted by Gasteiger charge is -2.34. The number of nitrogen functional groups attached to an aromatic ring is 1.